The van der Waals surface area contributed by atoms with E-state index in [1.807, 2.05) is 0 Å². The molecule has 40 heavy (non-hydrogen) atoms. The standard InChI is InChI=1S/C27H26F9NO3/c1-39-24(8-4-2-3-5-9-24)21-7-6-18(25(28,29)30)12-17(21)14-37-15-22(40-23(37)38)16-10-19(26(31,32)33)13-20(11-16)27(34,35)36/h6-7,10-13,22H,2-5,8-9,14-15H2,1H3/t22-/m0/s1. The Morgan fingerprint density at radius 1 is 0.825 bits per heavy atom. The molecule has 1 aliphatic heterocycles. The third-order valence-electron chi connectivity index (χ3n) is 7.46. The lowest BCUT2D eigenvalue weighted by Gasteiger charge is -2.35. The smallest absolute Gasteiger partial charge is 0.416 e. The van der Waals surface area contributed by atoms with Gasteiger partial charge in [-0.15, -0.1) is 0 Å². The van der Waals surface area contributed by atoms with Gasteiger partial charge in [0.05, 0.1) is 28.8 Å². The molecule has 0 N–H and O–H groups in total. The van der Waals surface area contributed by atoms with Crippen LogP contribution in [0.3, 0.4) is 0 Å². The van der Waals surface area contributed by atoms with E-state index in [2.05, 4.69) is 0 Å². The maximum atomic E-state index is 13.6. The Bertz CT molecular complexity index is 1200. The highest BCUT2D eigenvalue weighted by Gasteiger charge is 2.42. The van der Waals surface area contributed by atoms with Gasteiger partial charge in [-0.25, -0.2) is 4.79 Å². The maximum absolute atomic E-state index is 13.6. The molecule has 2 aromatic rings. The van der Waals surface area contributed by atoms with Gasteiger partial charge in [0.15, 0.2) is 0 Å². The molecule has 0 radical (unpaired) electrons. The fourth-order valence-electron chi connectivity index (χ4n) is 5.41. The van der Waals surface area contributed by atoms with Crippen LogP contribution in [0.15, 0.2) is 36.4 Å². The van der Waals surface area contributed by atoms with Crippen LogP contribution < -0.4 is 0 Å². The SMILES string of the molecule is COC1(c2ccc(C(F)(F)F)cc2CN2C[C@@H](c3cc(C(F)(F)F)cc(C(F)(F)F)c3)OC2=O)CCCCCC1. The van der Waals surface area contributed by atoms with Gasteiger partial charge in [-0.3, -0.25) is 4.90 Å². The summed E-state index contributed by atoms with van der Waals surface area (Å²) in [5, 5.41) is 0. The number of rotatable bonds is 5. The van der Waals surface area contributed by atoms with Crippen LogP contribution in [-0.2, 0) is 40.1 Å². The highest BCUT2D eigenvalue weighted by atomic mass is 19.4. The fraction of sp³-hybridized carbons (Fsp3) is 0.519. The number of alkyl halides is 9. The van der Waals surface area contributed by atoms with Crippen molar-refractivity contribution in [2.24, 2.45) is 0 Å². The van der Waals surface area contributed by atoms with Crippen molar-refractivity contribution in [3.63, 3.8) is 0 Å². The van der Waals surface area contributed by atoms with Crippen LogP contribution in [0, 0.1) is 0 Å². The summed E-state index contributed by atoms with van der Waals surface area (Å²) >= 11 is 0. The monoisotopic (exact) mass is 583 g/mol. The van der Waals surface area contributed by atoms with Gasteiger partial charge >= 0.3 is 24.6 Å². The molecule has 1 saturated heterocycles. The number of ether oxygens (including phenoxy) is 2. The Balaban J connectivity index is 1.70. The van der Waals surface area contributed by atoms with E-state index in [0.29, 0.717) is 30.5 Å². The predicted octanol–water partition coefficient (Wildman–Crippen LogP) is 8.63. The molecular formula is C27H26F9NO3. The van der Waals surface area contributed by atoms with E-state index >= 15 is 0 Å². The number of nitrogens with zero attached hydrogens (tertiary/aromatic N) is 1. The lowest BCUT2D eigenvalue weighted by Crippen LogP contribution is -2.32. The molecule has 4 rings (SSSR count). The minimum absolute atomic E-state index is 0.0378. The van der Waals surface area contributed by atoms with Crippen molar-refractivity contribution in [1.82, 2.24) is 4.90 Å². The summed E-state index contributed by atoms with van der Waals surface area (Å²) in [6.07, 6.45) is -13.1. The van der Waals surface area contributed by atoms with Crippen molar-refractivity contribution in [3.05, 3.63) is 69.8 Å². The first kappa shape index (κ1) is 30.0. The zero-order valence-electron chi connectivity index (χ0n) is 21.3. The number of halogens is 9. The highest BCUT2D eigenvalue weighted by molar-refractivity contribution is 5.70. The Hall–Kier alpha value is -2.96. The van der Waals surface area contributed by atoms with Crippen molar-refractivity contribution in [1.29, 1.82) is 0 Å². The number of hydrogen-bond donors (Lipinski definition) is 0. The van der Waals surface area contributed by atoms with Crippen LogP contribution in [0.1, 0.15) is 78.0 Å². The van der Waals surface area contributed by atoms with Gasteiger partial charge in [-0.2, -0.15) is 39.5 Å². The van der Waals surface area contributed by atoms with Crippen molar-refractivity contribution in [2.75, 3.05) is 13.7 Å². The van der Waals surface area contributed by atoms with Crippen molar-refractivity contribution in [3.8, 4) is 0 Å². The van der Waals surface area contributed by atoms with E-state index in [0.717, 1.165) is 42.7 Å². The highest BCUT2D eigenvalue weighted by Crippen LogP contribution is 2.44. The molecule has 2 aliphatic rings. The summed E-state index contributed by atoms with van der Waals surface area (Å²) in [5.41, 5.74) is -5.00. The molecule has 2 fully saturated rings. The van der Waals surface area contributed by atoms with E-state index in [4.69, 9.17) is 9.47 Å². The van der Waals surface area contributed by atoms with Gasteiger partial charge in [-0.1, -0.05) is 31.7 Å². The molecule has 1 amide bonds. The summed E-state index contributed by atoms with van der Waals surface area (Å²) in [6, 6.07) is 4.04. The summed E-state index contributed by atoms with van der Waals surface area (Å²) in [5.74, 6) is 0. The predicted molar refractivity (Wildman–Crippen MR) is 124 cm³/mol. The number of amides is 1. The van der Waals surface area contributed by atoms with Crippen LogP contribution in [-0.4, -0.2) is 24.6 Å². The molecule has 1 atom stereocenters. The fourth-order valence-corrected chi connectivity index (χ4v) is 5.41. The molecule has 0 spiro atoms. The average molecular weight is 583 g/mol. The second kappa shape index (κ2) is 10.8. The van der Waals surface area contributed by atoms with Crippen molar-refractivity contribution in [2.45, 2.75) is 75.3 Å². The molecule has 2 aromatic carbocycles. The second-order valence-corrected chi connectivity index (χ2v) is 10.1. The number of hydrogen-bond acceptors (Lipinski definition) is 3. The minimum Gasteiger partial charge on any atom is -0.439 e. The zero-order chi connectivity index (χ0) is 29.5. The summed E-state index contributed by atoms with van der Waals surface area (Å²) < 4.78 is 132. The van der Waals surface area contributed by atoms with E-state index in [1.165, 1.54) is 13.2 Å². The molecule has 1 saturated carbocycles. The molecule has 1 aliphatic carbocycles. The Morgan fingerprint density at radius 2 is 1.38 bits per heavy atom. The van der Waals surface area contributed by atoms with E-state index in [-0.39, 0.29) is 11.6 Å². The van der Waals surface area contributed by atoms with Crippen LogP contribution in [0.5, 0.6) is 0 Å². The molecular weight excluding hydrogens is 557 g/mol. The molecule has 0 bridgehead atoms. The Labute approximate surface area is 224 Å². The Morgan fingerprint density at radius 3 is 1.88 bits per heavy atom. The van der Waals surface area contributed by atoms with Crippen LogP contribution >= 0.6 is 0 Å². The Kier molecular flexibility index (Phi) is 8.09. The van der Waals surface area contributed by atoms with Crippen molar-refractivity contribution >= 4 is 6.09 Å². The van der Waals surface area contributed by atoms with Gasteiger partial charge in [0.25, 0.3) is 0 Å². The van der Waals surface area contributed by atoms with Gasteiger partial charge in [0, 0.05) is 13.7 Å². The minimum atomic E-state index is -5.10. The van der Waals surface area contributed by atoms with Crippen LogP contribution in [0.4, 0.5) is 44.3 Å². The lowest BCUT2D eigenvalue weighted by molar-refractivity contribution is -0.143. The molecule has 13 heteroatoms. The third kappa shape index (κ3) is 6.34. The molecule has 220 valence electrons. The molecule has 0 unspecified atom stereocenters. The molecule has 0 aromatic heterocycles. The summed E-state index contributed by atoms with van der Waals surface area (Å²) in [6.45, 7) is -0.877. The van der Waals surface area contributed by atoms with Gasteiger partial charge in [0.2, 0.25) is 0 Å². The maximum Gasteiger partial charge on any atom is 0.416 e. The zero-order valence-corrected chi connectivity index (χ0v) is 21.3. The normalized spacial score (nSPS) is 20.4. The van der Waals surface area contributed by atoms with Crippen molar-refractivity contribution < 1.29 is 53.8 Å². The number of carbonyl (C=O) groups is 1. The molecule has 4 nitrogen and oxygen atoms in total. The molecule has 1 heterocycles. The second-order valence-electron chi connectivity index (χ2n) is 10.1. The number of carbonyl (C=O) groups excluding carboxylic acids is 1. The van der Waals surface area contributed by atoms with Gasteiger partial charge in [0.1, 0.15) is 6.10 Å². The van der Waals surface area contributed by atoms with E-state index in [9.17, 15) is 44.3 Å². The average Bonchev–Trinajstić information content (AvgIpc) is 3.07. The van der Waals surface area contributed by atoms with Gasteiger partial charge in [-0.05, 0) is 59.9 Å². The first-order valence-electron chi connectivity index (χ1n) is 12.5. The van der Waals surface area contributed by atoms with Gasteiger partial charge < -0.3 is 9.47 Å². The first-order valence-corrected chi connectivity index (χ1v) is 12.5. The van der Waals surface area contributed by atoms with Crippen LogP contribution in [0.2, 0.25) is 0 Å². The van der Waals surface area contributed by atoms with Crippen LogP contribution in [0.25, 0.3) is 0 Å². The first-order chi connectivity index (χ1) is 18.5. The summed E-state index contributed by atoms with van der Waals surface area (Å²) in [4.78, 5) is 13.7. The van der Waals surface area contributed by atoms with E-state index in [1.54, 1.807) is 0 Å². The largest absolute Gasteiger partial charge is 0.439 e. The lowest BCUT2D eigenvalue weighted by atomic mass is 9.82. The quantitative estimate of drug-likeness (QED) is 0.261. The third-order valence-corrected chi connectivity index (χ3v) is 7.46. The number of cyclic esters (lactones) is 1. The number of benzene rings is 2. The number of methoxy groups -OCH3 is 1. The topological polar surface area (TPSA) is 38.8 Å². The van der Waals surface area contributed by atoms with E-state index < -0.39 is 71.7 Å². The summed E-state index contributed by atoms with van der Waals surface area (Å²) in [7, 11) is 1.46.